The summed E-state index contributed by atoms with van der Waals surface area (Å²) in [5.74, 6) is 1.70. The number of nitrogens with two attached hydrogens (primary N) is 2. The summed E-state index contributed by atoms with van der Waals surface area (Å²) in [6.45, 7) is 0.494. The number of carbonyl (C=O) groups excluding carboxylic acids is 1. The molecule has 1 aliphatic heterocycles. The third kappa shape index (κ3) is 4.16. The molecule has 0 spiro atoms. The summed E-state index contributed by atoms with van der Waals surface area (Å²) >= 11 is 0. The highest BCUT2D eigenvalue weighted by molar-refractivity contribution is 6.04. The molecule has 4 aromatic rings. The van der Waals surface area contributed by atoms with Crippen molar-refractivity contribution in [2.75, 3.05) is 30.0 Å². The number of rotatable bonds is 5. The van der Waals surface area contributed by atoms with E-state index in [1.807, 2.05) is 22.7 Å². The zero-order chi connectivity index (χ0) is 23.7. The van der Waals surface area contributed by atoms with Gasteiger partial charge in [-0.25, -0.2) is 15.0 Å². The zero-order valence-corrected chi connectivity index (χ0v) is 18.4. The Morgan fingerprint density at radius 3 is 2.68 bits per heavy atom. The minimum Gasteiger partial charge on any atom is -0.394 e. The van der Waals surface area contributed by atoms with Crippen LogP contribution in [0.1, 0.15) is 34.9 Å². The van der Waals surface area contributed by atoms with Crippen molar-refractivity contribution in [2.24, 2.45) is 0 Å². The van der Waals surface area contributed by atoms with Crippen LogP contribution in [0.2, 0.25) is 0 Å². The van der Waals surface area contributed by atoms with Gasteiger partial charge in [0.1, 0.15) is 34.5 Å². The normalized spacial score (nSPS) is 18.1. The number of imidazole rings is 1. The quantitative estimate of drug-likeness (QED) is 0.355. The predicted molar refractivity (Wildman–Crippen MR) is 128 cm³/mol. The van der Waals surface area contributed by atoms with Crippen LogP contribution in [0.15, 0.2) is 54.9 Å². The van der Waals surface area contributed by atoms with Crippen molar-refractivity contribution in [3.8, 4) is 11.3 Å². The monoisotopic (exact) mass is 459 g/mol. The van der Waals surface area contributed by atoms with Crippen LogP contribution in [-0.2, 0) is 4.74 Å². The number of nitrogens with one attached hydrogen (secondary N) is 1. The largest absolute Gasteiger partial charge is 0.394 e. The minimum atomic E-state index is -0.293. The molecule has 0 bridgehead atoms. The fraction of sp³-hybridized carbons (Fsp3) is 0.250. The van der Waals surface area contributed by atoms with Crippen LogP contribution in [0.25, 0.3) is 16.8 Å². The van der Waals surface area contributed by atoms with Crippen LogP contribution in [0.5, 0.6) is 0 Å². The first-order chi connectivity index (χ1) is 16.5. The molecule has 1 saturated heterocycles. The van der Waals surface area contributed by atoms with Gasteiger partial charge in [0, 0.05) is 29.4 Å². The van der Waals surface area contributed by atoms with E-state index in [0.29, 0.717) is 40.8 Å². The number of hydrogen-bond acceptors (Lipinski definition) is 8. The van der Waals surface area contributed by atoms with E-state index in [1.165, 1.54) is 0 Å². The summed E-state index contributed by atoms with van der Waals surface area (Å²) in [7, 11) is 0. The van der Waals surface area contributed by atoms with Crippen LogP contribution in [0.4, 0.5) is 17.5 Å². The molecule has 0 saturated carbocycles. The van der Waals surface area contributed by atoms with Gasteiger partial charge in [0.15, 0.2) is 0 Å². The van der Waals surface area contributed by atoms with Gasteiger partial charge in [-0.3, -0.25) is 9.20 Å². The molecule has 1 fully saturated rings. The maximum atomic E-state index is 12.6. The summed E-state index contributed by atoms with van der Waals surface area (Å²) in [6, 6.07) is 12.2. The van der Waals surface area contributed by atoms with Crippen molar-refractivity contribution in [3.63, 3.8) is 0 Å². The van der Waals surface area contributed by atoms with Gasteiger partial charge >= 0.3 is 0 Å². The predicted octanol–water partition coefficient (Wildman–Crippen LogP) is 2.46. The average Bonchev–Trinajstić information content (AvgIpc) is 3.25. The number of aromatic nitrogens is 4. The molecule has 4 heterocycles. The second-order valence-electron chi connectivity index (χ2n) is 8.24. The number of hydrogen-bond donors (Lipinski definition) is 4. The van der Waals surface area contributed by atoms with E-state index in [0.717, 1.165) is 24.2 Å². The topological polar surface area (TPSA) is 154 Å². The van der Waals surface area contributed by atoms with E-state index < -0.39 is 0 Å². The summed E-state index contributed by atoms with van der Waals surface area (Å²) < 4.78 is 7.73. The van der Waals surface area contributed by atoms with Gasteiger partial charge in [0.05, 0.1) is 19.3 Å². The lowest BCUT2D eigenvalue weighted by Crippen LogP contribution is -2.28. The maximum Gasteiger partial charge on any atom is 0.256 e. The van der Waals surface area contributed by atoms with Gasteiger partial charge in [-0.2, -0.15) is 0 Å². The van der Waals surface area contributed by atoms with Gasteiger partial charge in [-0.1, -0.05) is 18.2 Å². The van der Waals surface area contributed by atoms with E-state index >= 15 is 0 Å². The van der Waals surface area contributed by atoms with Gasteiger partial charge in [-0.15, -0.1) is 0 Å². The Hall–Kier alpha value is -4.02. The molecule has 5 rings (SSSR count). The second kappa shape index (κ2) is 9.08. The number of aliphatic hydroxyl groups is 1. The molecule has 1 amide bonds. The Bertz CT molecular complexity index is 1330. The summed E-state index contributed by atoms with van der Waals surface area (Å²) in [4.78, 5) is 25.9. The van der Waals surface area contributed by atoms with Crippen molar-refractivity contribution < 1.29 is 14.6 Å². The number of anilines is 3. The number of benzene rings is 1. The number of pyridine rings is 1. The third-order valence-electron chi connectivity index (χ3n) is 5.98. The first-order valence-corrected chi connectivity index (χ1v) is 11.0. The lowest BCUT2D eigenvalue weighted by Gasteiger charge is -2.27. The van der Waals surface area contributed by atoms with Gasteiger partial charge in [-0.05, 0) is 37.1 Å². The highest BCUT2D eigenvalue weighted by Gasteiger charge is 2.27. The van der Waals surface area contributed by atoms with Crippen LogP contribution in [0.3, 0.4) is 0 Å². The molecule has 1 aliphatic rings. The number of amides is 1. The molecule has 174 valence electrons. The number of nitrogens with zero attached hydrogens (tertiary/aromatic N) is 4. The Morgan fingerprint density at radius 2 is 1.97 bits per heavy atom. The van der Waals surface area contributed by atoms with Gasteiger partial charge in [0.25, 0.3) is 5.91 Å². The van der Waals surface area contributed by atoms with Crippen LogP contribution < -0.4 is 16.8 Å². The number of ether oxygens (including phenoxy) is 1. The Kier molecular flexibility index (Phi) is 5.83. The lowest BCUT2D eigenvalue weighted by molar-refractivity contribution is -0.0282. The molecule has 3 aromatic heterocycles. The Labute approximate surface area is 195 Å². The fourth-order valence-corrected chi connectivity index (χ4v) is 4.22. The average molecular weight is 460 g/mol. The summed E-state index contributed by atoms with van der Waals surface area (Å²) in [5.41, 5.74) is 14.6. The molecule has 6 N–H and O–H groups in total. The fourth-order valence-electron chi connectivity index (χ4n) is 4.22. The number of fused-ring (bicyclic) bond motifs is 1. The number of nitrogen functional groups attached to an aromatic ring is 2. The van der Waals surface area contributed by atoms with E-state index in [2.05, 4.69) is 15.3 Å². The molecule has 2 atom stereocenters. The molecule has 0 radical (unpaired) electrons. The smallest absolute Gasteiger partial charge is 0.256 e. The maximum absolute atomic E-state index is 12.6. The third-order valence-corrected chi connectivity index (χ3v) is 5.98. The highest BCUT2D eigenvalue weighted by Crippen LogP contribution is 2.34. The van der Waals surface area contributed by atoms with Crippen LogP contribution in [0, 0.1) is 0 Å². The minimum absolute atomic E-state index is 0.0187. The number of carbonyl (C=O) groups is 1. The highest BCUT2D eigenvalue weighted by atomic mass is 16.5. The van der Waals surface area contributed by atoms with Crippen LogP contribution >= 0.6 is 0 Å². The molecular weight excluding hydrogens is 434 g/mol. The molecule has 10 heteroatoms. The van der Waals surface area contributed by atoms with E-state index in [1.54, 1.807) is 36.5 Å². The molecule has 2 unspecified atom stereocenters. The first kappa shape index (κ1) is 21.8. The first-order valence-electron chi connectivity index (χ1n) is 11.0. The molecule has 34 heavy (non-hydrogen) atoms. The van der Waals surface area contributed by atoms with Crippen molar-refractivity contribution in [2.45, 2.75) is 24.9 Å². The second-order valence-corrected chi connectivity index (χ2v) is 8.24. The lowest BCUT2D eigenvalue weighted by atomic mass is 9.98. The SMILES string of the molecule is Nc1cccc(NC(=O)c2ccc(-c3nc(C4CCC(CO)OC4)n4ccnc(N)c34)cc2)n1. The van der Waals surface area contributed by atoms with E-state index in [4.69, 9.17) is 21.2 Å². The molecular formula is C24H25N7O3. The van der Waals surface area contributed by atoms with E-state index in [9.17, 15) is 9.90 Å². The van der Waals surface area contributed by atoms with E-state index in [-0.39, 0.29) is 24.5 Å². The number of aliphatic hydroxyl groups excluding tert-OH is 1. The Balaban J connectivity index is 1.44. The van der Waals surface area contributed by atoms with Crippen molar-refractivity contribution in [3.05, 3.63) is 66.2 Å². The van der Waals surface area contributed by atoms with Crippen LogP contribution in [-0.4, -0.2) is 49.7 Å². The standard InChI is InChI=1S/C24H25N7O3/c25-18-2-1-3-19(28-18)29-24(33)15-6-4-14(5-7-15)20-21-22(26)27-10-11-31(21)23(30-20)16-8-9-17(12-32)34-13-16/h1-7,10-11,16-17,32H,8-9,12-13H2,(H2,26,27)(H3,25,28,29,33). The molecule has 1 aromatic carbocycles. The van der Waals surface area contributed by atoms with Gasteiger partial charge < -0.3 is 26.6 Å². The van der Waals surface area contributed by atoms with Gasteiger partial charge in [0.2, 0.25) is 0 Å². The van der Waals surface area contributed by atoms with Crippen molar-refractivity contribution in [1.82, 2.24) is 19.4 Å². The summed E-state index contributed by atoms with van der Waals surface area (Å²) in [6.07, 6.45) is 4.97. The molecule has 10 nitrogen and oxygen atoms in total. The van der Waals surface area contributed by atoms with Crippen molar-refractivity contribution >= 4 is 28.9 Å². The molecule has 0 aliphatic carbocycles. The van der Waals surface area contributed by atoms with Crippen molar-refractivity contribution in [1.29, 1.82) is 0 Å². The zero-order valence-electron chi connectivity index (χ0n) is 18.4. The Morgan fingerprint density at radius 1 is 1.15 bits per heavy atom. The summed E-state index contributed by atoms with van der Waals surface area (Å²) in [5, 5.41) is 12.1.